The summed E-state index contributed by atoms with van der Waals surface area (Å²) in [7, 11) is 0. The second-order valence-corrected chi connectivity index (χ2v) is 7.82. The largest absolute Gasteiger partial charge is 0.369 e. The van der Waals surface area contributed by atoms with Gasteiger partial charge in [0.25, 0.3) is 0 Å². The van der Waals surface area contributed by atoms with Crippen LogP contribution >= 0.6 is 15.9 Å². The second kappa shape index (κ2) is 11.2. The third-order valence-electron chi connectivity index (χ3n) is 4.71. The Balaban J connectivity index is 1.81. The molecule has 1 atom stereocenters. The van der Waals surface area contributed by atoms with Crippen LogP contribution in [0.25, 0.3) is 0 Å². The molecule has 0 saturated heterocycles. The van der Waals surface area contributed by atoms with Crippen LogP contribution in [0, 0.1) is 0 Å². The van der Waals surface area contributed by atoms with Gasteiger partial charge in [-0.2, -0.15) is 4.99 Å². The van der Waals surface area contributed by atoms with E-state index >= 15 is 0 Å². The number of rotatable bonds is 11. The van der Waals surface area contributed by atoms with Gasteiger partial charge in [0.15, 0.2) is 0 Å². The molecule has 1 aliphatic rings. The Hall–Kier alpha value is -1.56. The van der Waals surface area contributed by atoms with Gasteiger partial charge in [-0.25, -0.2) is 4.99 Å². The van der Waals surface area contributed by atoms with Crippen LogP contribution < -0.4 is 16.4 Å². The van der Waals surface area contributed by atoms with Crippen molar-refractivity contribution in [2.24, 2.45) is 21.5 Å². The predicted octanol–water partition coefficient (Wildman–Crippen LogP) is 5.15. The van der Waals surface area contributed by atoms with Gasteiger partial charge in [-0.05, 0) is 31.0 Å². The molecule has 6 heteroatoms. The van der Waals surface area contributed by atoms with E-state index < -0.39 is 0 Å². The van der Waals surface area contributed by atoms with Crippen LogP contribution in [-0.2, 0) is 0 Å². The van der Waals surface area contributed by atoms with Crippen molar-refractivity contribution in [3.63, 3.8) is 0 Å². The Morgan fingerprint density at radius 2 is 1.65 bits per heavy atom. The average Bonchev–Trinajstić information content (AvgIpc) is 2.60. The first-order valence-electron chi connectivity index (χ1n) is 9.84. The van der Waals surface area contributed by atoms with Crippen LogP contribution in [0.4, 0.5) is 5.69 Å². The number of guanidine groups is 2. The summed E-state index contributed by atoms with van der Waals surface area (Å²) in [5, 5.41) is 0. The van der Waals surface area contributed by atoms with E-state index in [0.29, 0.717) is 5.96 Å². The summed E-state index contributed by atoms with van der Waals surface area (Å²) in [6.45, 7) is 2.26. The quantitative estimate of drug-likeness (QED) is 0.484. The maximum Gasteiger partial charge on any atom is 0.220 e. The Morgan fingerprint density at radius 3 is 2.31 bits per heavy atom. The lowest BCUT2D eigenvalue weighted by molar-refractivity contribution is 0.527. The van der Waals surface area contributed by atoms with E-state index in [1.165, 1.54) is 51.4 Å². The van der Waals surface area contributed by atoms with Gasteiger partial charge in [0.1, 0.15) is 6.17 Å². The van der Waals surface area contributed by atoms with Gasteiger partial charge in [-0.15, -0.1) is 0 Å². The number of nitrogens with zero attached hydrogens (tertiary/aromatic N) is 3. The summed E-state index contributed by atoms with van der Waals surface area (Å²) in [6.07, 6.45) is 12.6. The summed E-state index contributed by atoms with van der Waals surface area (Å²) in [4.78, 5) is 10.6. The third-order valence-corrected chi connectivity index (χ3v) is 5.20. The molecule has 0 aliphatic carbocycles. The van der Waals surface area contributed by atoms with E-state index in [-0.39, 0.29) is 12.1 Å². The van der Waals surface area contributed by atoms with Crippen molar-refractivity contribution in [1.29, 1.82) is 0 Å². The van der Waals surface area contributed by atoms with Crippen molar-refractivity contribution >= 4 is 33.5 Å². The molecule has 0 amide bonds. The van der Waals surface area contributed by atoms with E-state index in [2.05, 4.69) is 32.8 Å². The summed E-state index contributed by atoms with van der Waals surface area (Å²) >= 11 is 3.52. The van der Waals surface area contributed by atoms with E-state index in [9.17, 15) is 0 Å². The molecule has 144 valence electrons. The number of hydrogen-bond donors (Lipinski definition) is 2. The minimum absolute atomic E-state index is 0.0774. The van der Waals surface area contributed by atoms with Crippen molar-refractivity contribution in [3.8, 4) is 0 Å². The van der Waals surface area contributed by atoms with Crippen LogP contribution in [0.5, 0.6) is 0 Å². The fourth-order valence-corrected chi connectivity index (χ4v) is 3.71. The summed E-state index contributed by atoms with van der Waals surface area (Å²) < 4.78 is 1.01. The molecule has 0 radical (unpaired) electrons. The zero-order valence-electron chi connectivity index (χ0n) is 15.8. The highest BCUT2D eigenvalue weighted by Crippen LogP contribution is 2.26. The first-order valence-corrected chi connectivity index (χ1v) is 10.6. The van der Waals surface area contributed by atoms with Crippen molar-refractivity contribution in [3.05, 3.63) is 28.7 Å². The number of nitrogens with two attached hydrogens (primary N) is 2. The van der Waals surface area contributed by atoms with Gasteiger partial charge in [0.2, 0.25) is 11.9 Å². The average molecular weight is 422 g/mol. The fourth-order valence-electron chi connectivity index (χ4n) is 3.32. The monoisotopic (exact) mass is 421 g/mol. The molecule has 5 nitrogen and oxygen atoms in total. The van der Waals surface area contributed by atoms with E-state index in [1.54, 1.807) is 0 Å². The molecule has 1 heterocycles. The maximum atomic E-state index is 6.15. The zero-order chi connectivity index (χ0) is 18.8. The number of anilines is 1. The van der Waals surface area contributed by atoms with Crippen molar-refractivity contribution in [2.45, 2.75) is 77.3 Å². The lowest BCUT2D eigenvalue weighted by atomic mass is 10.1. The van der Waals surface area contributed by atoms with Crippen molar-refractivity contribution in [2.75, 3.05) is 4.90 Å². The predicted molar refractivity (Wildman–Crippen MR) is 115 cm³/mol. The second-order valence-electron chi connectivity index (χ2n) is 6.90. The topological polar surface area (TPSA) is 80.0 Å². The number of aliphatic imine (C=N–C) groups is 2. The highest BCUT2D eigenvalue weighted by Gasteiger charge is 2.25. The van der Waals surface area contributed by atoms with Crippen LogP contribution in [0.3, 0.4) is 0 Å². The van der Waals surface area contributed by atoms with Gasteiger partial charge in [0.05, 0.1) is 0 Å². The van der Waals surface area contributed by atoms with Gasteiger partial charge in [-0.3, -0.25) is 4.90 Å². The lowest BCUT2D eigenvalue weighted by Gasteiger charge is -2.32. The number of unbranched alkanes of at least 4 members (excludes halogenated alkanes) is 8. The van der Waals surface area contributed by atoms with Crippen LogP contribution in [-0.4, -0.2) is 18.1 Å². The van der Waals surface area contributed by atoms with Gasteiger partial charge in [0, 0.05) is 10.2 Å². The molecule has 0 unspecified atom stereocenters. The standard InChI is InChI=1S/C20H32BrN5/c1-2-3-4-5-6-7-8-9-10-14-18-24-19(22)25-20(23)26(18)17-13-11-12-16(21)15-17/h11-13,15,18H,2-10,14H2,1H3,(H4,22,23,24,25)/t18-/m0/s1. The zero-order valence-corrected chi connectivity index (χ0v) is 17.4. The third kappa shape index (κ3) is 6.63. The Kier molecular flexibility index (Phi) is 8.95. The molecular formula is C20H32BrN5. The lowest BCUT2D eigenvalue weighted by Crippen LogP contribution is -2.48. The smallest absolute Gasteiger partial charge is 0.220 e. The first-order chi connectivity index (χ1) is 12.6. The van der Waals surface area contributed by atoms with Gasteiger partial charge < -0.3 is 11.5 Å². The van der Waals surface area contributed by atoms with Crippen LogP contribution in [0.2, 0.25) is 0 Å². The van der Waals surface area contributed by atoms with Gasteiger partial charge in [-0.1, -0.05) is 80.3 Å². The van der Waals surface area contributed by atoms with E-state index in [1.807, 2.05) is 29.2 Å². The van der Waals surface area contributed by atoms with Crippen molar-refractivity contribution < 1.29 is 0 Å². The first kappa shape index (κ1) is 20.7. The Labute approximate surface area is 166 Å². The van der Waals surface area contributed by atoms with Crippen molar-refractivity contribution in [1.82, 2.24) is 0 Å². The molecular weight excluding hydrogens is 390 g/mol. The SMILES string of the molecule is CCCCCCCCCCC[C@H]1N=C(N)N=C(N)N1c1cccc(Br)c1. The van der Waals surface area contributed by atoms with Gasteiger partial charge >= 0.3 is 0 Å². The highest BCUT2D eigenvalue weighted by atomic mass is 79.9. The highest BCUT2D eigenvalue weighted by molar-refractivity contribution is 9.10. The summed E-state index contributed by atoms with van der Waals surface area (Å²) in [5.74, 6) is 0.686. The molecule has 26 heavy (non-hydrogen) atoms. The molecule has 0 bridgehead atoms. The molecule has 2 rings (SSSR count). The molecule has 0 spiro atoms. The summed E-state index contributed by atoms with van der Waals surface area (Å²) in [5.41, 5.74) is 13.0. The number of halogens is 1. The van der Waals surface area contributed by atoms with Crippen LogP contribution in [0.1, 0.15) is 71.1 Å². The fraction of sp³-hybridized carbons (Fsp3) is 0.600. The normalized spacial score (nSPS) is 17.2. The number of hydrogen-bond acceptors (Lipinski definition) is 5. The van der Waals surface area contributed by atoms with E-state index in [4.69, 9.17) is 11.5 Å². The minimum Gasteiger partial charge on any atom is -0.369 e. The molecule has 0 saturated carbocycles. The molecule has 1 aromatic rings. The molecule has 4 N–H and O–H groups in total. The number of benzene rings is 1. The molecule has 0 aromatic heterocycles. The van der Waals surface area contributed by atoms with Crippen LogP contribution in [0.15, 0.2) is 38.7 Å². The minimum atomic E-state index is -0.0774. The Bertz CT molecular complexity index is 614. The summed E-state index contributed by atoms with van der Waals surface area (Å²) in [6, 6.07) is 8.04. The molecule has 1 aromatic carbocycles. The molecule has 0 fully saturated rings. The molecule has 1 aliphatic heterocycles. The maximum absolute atomic E-state index is 6.15. The van der Waals surface area contributed by atoms with E-state index in [0.717, 1.165) is 23.0 Å². The Morgan fingerprint density at radius 1 is 1.00 bits per heavy atom.